The van der Waals surface area contributed by atoms with Crippen LogP contribution in [0, 0.1) is 11.8 Å². The van der Waals surface area contributed by atoms with E-state index in [2.05, 4.69) is 50.2 Å². The number of rotatable bonds is 13. The summed E-state index contributed by atoms with van der Waals surface area (Å²) in [7, 11) is 0. The first-order valence-electron chi connectivity index (χ1n) is 10.5. The molecule has 1 aromatic heterocycles. The molecule has 0 bridgehead atoms. The summed E-state index contributed by atoms with van der Waals surface area (Å²) in [5.41, 5.74) is 0. The molecule has 1 rings (SSSR count). The molecule has 0 aliphatic carbocycles. The minimum Gasteiger partial charge on any atom is -0.468 e. The molecule has 0 aliphatic rings. The zero-order chi connectivity index (χ0) is 20.1. The van der Waals surface area contributed by atoms with Gasteiger partial charge in [0, 0.05) is 26.2 Å². The van der Waals surface area contributed by atoms with E-state index in [0.29, 0.717) is 11.8 Å². The van der Waals surface area contributed by atoms with Crippen molar-refractivity contribution in [2.24, 2.45) is 16.8 Å². The Hall–Kier alpha value is -1.53. The van der Waals surface area contributed by atoms with Crippen LogP contribution in [0.1, 0.15) is 59.3 Å². The normalized spacial score (nSPS) is 14.6. The number of guanidine groups is 1. The van der Waals surface area contributed by atoms with E-state index in [-0.39, 0.29) is 12.6 Å². The van der Waals surface area contributed by atoms with Gasteiger partial charge in [0.2, 0.25) is 0 Å². The highest BCUT2D eigenvalue weighted by molar-refractivity contribution is 5.79. The van der Waals surface area contributed by atoms with Gasteiger partial charge in [-0.3, -0.25) is 9.89 Å². The molecule has 0 saturated heterocycles. The maximum atomic E-state index is 9.32. The van der Waals surface area contributed by atoms with Crippen molar-refractivity contribution in [2.75, 3.05) is 39.3 Å². The third kappa shape index (κ3) is 8.80. The Bertz CT molecular complexity index is 498. The van der Waals surface area contributed by atoms with Crippen molar-refractivity contribution in [3.63, 3.8) is 0 Å². The Balaban J connectivity index is 2.77. The van der Waals surface area contributed by atoms with E-state index in [1.54, 1.807) is 6.26 Å². The van der Waals surface area contributed by atoms with Gasteiger partial charge in [0.1, 0.15) is 5.76 Å². The second-order valence-corrected chi connectivity index (χ2v) is 7.36. The van der Waals surface area contributed by atoms with Crippen LogP contribution >= 0.6 is 0 Å². The van der Waals surface area contributed by atoms with Crippen LogP contribution in [0.15, 0.2) is 27.8 Å². The number of hydrogen-bond acceptors (Lipinski definition) is 4. The highest BCUT2D eigenvalue weighted by Crippen LogP contribution is 2.20. The molecule has 156 valence electrons. The van der Waals surface area contributed by atoms with Gasteiger partial charge in [0.25, 0.3) is 0 Å². The SMILES string of the molecule is CCNC(=NCC(CCO)CC(C)C)NCC(c1ccco1)N(CC)CC. The van der Waals surface area contributed by atoms with Crippen molar-refractivity contribution in [3.05, 3.63) is 24.2 Å². The molecule has 0 saturated carbocycles. The summed E-state index contributed by atoms with van der Waals surface area (Å²) in [4.78, 5) is 7.16. The van der Waals surface area contributed by atoms with Crippen molar-refractivity contribution in [2.45, 2.75) is 53.5 Å². The Labute approximate surface area is 165 Å². The lowest BCUT2D eigenvalue weighted by molar-refractivity contribution is 0.193. The zero-order valence-electron chi connectivity index (χ0n) is 17.9. The largest absolute Gasteiger partial charge is 0.468 e. The first-order chi connectivity index (χ1) is 13.0. The van der Waals surface area contributed by atoms with Gasteiger partial charge in [-0.15, -0.1) is 0 Å². The van der Waals surface area contributed by atoms with E-state index in [4.69, 9.17) is 9.41 Å². The number of likely N-dealkylation sites (N-methyl/N-ethyl adjacent to an activating group) is 1. The van der Waals surface area contributed by atoms with Crippen LogP contribution in [0.25, 0.3) is 0 Å². The molecule has 27 heavy (non-hydrogen) atoms. The Morgan fingerprint density at radius 2 is 1.96 bits per heavy atom. The quantitative estimate of drug-likeness (QED) is 0.362. The standard InChI is InChI=1S/C21H40N4O2/c1-6-22-21(23-15-18(11-12-26)14-17(4)5)24-16-19(25(7-2)8-3)20-10-9-13-27-20/h9-10,13,17-19,26H,6-8,11-12,14-16H2,1-5H3,(H2,22,23,24). The van der Waals surface area contributed by atoms with Crippen LogP contribution in [-0.2, 0) is 0 Å². The molecule has 3 N–H and O–H groups in total. The number of nitrogens with one attached hydrogen (secondary N) is 2. The molecule has 0 aromatic carbocycles. The van der Waals surface area contributed by atoms with Gasteiger partial charge < -0.3 is 20.2 Å². The smallest absolute Gasteiger partial charge is 0.191 e. The average molecular weight is 381 g/mol. The third-order valence-corrected chi connectivity index (χ3v) is 4.78. The summed E-state index contributed by atoms with van der Waals surface area (Å²) in [5, 5.41) is 16.1. The summed E-state index contributed by atoms with van der Waals surface area (Å²) < 4.78 is 5.68. The minimum atomic E-state index is 0.169. The second kappa shape index (κ2) is 13.6. The fourth-order valence-electron chi connectivity index (χ4n) is 3.44. The summed E-state index contributed by atoms with van der Waals surface area (Å²) in [6.07, 6.45) is 3.62. The molecular formula is C21H40N4O2. The topological polar surface area (TPSA) is 73.0 Å². The molecule has 0 fully saturated rings. The monoisotopic (exact) mass is 380 g/mol. The summed E-state index contributed by atoms with van der Waals surface area (Å²) in [5.74, 6) is 2.82. The van der Waals surface area contributed by atoms with E-state index in [1.807, 2.05) is 12.1 Å². The lowest BCUT2D eigenvalue weighted by Crippen LogP contribution is -2.43. The molecular weight excluding hydrogens is 340 g/mol. The minimum absolute atomic E-state index is 0.169. The van der Waals surface area contributed by atoms with Crippen molar-refractivity contribution in [1.29, 1.82) is 0 Å². The van der Waals surface area contributed by atoms with Gasteiger partial charge in [-0.1, -0.05) is 27.7 Å². The summed E-state index contributed by atoms with van der Waals surface area (Å²) in [6.45, 7) is 15.3. The average Bonchev–Trinajstić information content (AvgIpc) is 3.16. The van der Waals surface area contributed by atoms with E-state index in [9.17, 15) is 5.11 Å². The van der Waals surface area contributed by atoms with Crippen molar-refractivity contribution in [1.82, 2.24) is 15.5 Å². The molecule has 2 unspecified atom stereocenters. The number of aliphatic imine (C=N–C) groups is 1. The Morgan fingerprint density at radius 3 is 2.48 bits per heavy atom. The van der Waals surface area contributed by atoms with E-state index >= 15 is 0 Å². The van der Waals surface area contributed by atoms with Gasteiger partial charge >= 0.3 is 0 Å². The first-order valence-corrected chi connectivity index (χ1v) is 10.5. The van der Waals surface area contributed by atoms with E-state index in [0.717, 1.165) is 57.3 Å². The van der Waals surface area contributed by atoms with Crippen LogP contribution in [-0.4, -0.2) is 55.3 Å². The lowest BCUT2D eigenvalue weighted by atomic mass is 9.94. The number of aliphatic hydroxyl groups is 1. The lowest BCUT2D eigenvalue weighted by Gasteiger charge is -2.29. The van der Waals surface area contributed by atoms with Crippen LogP contribution in [0.4, 0.5) is 0 Å². The highest BCUT2D eigenvalue weighted by Gasteiger charge is 2.21. The zero-order valence-corrected chi connectivity index (χ0v) is 17.9. The molecule has 0 aliphatic heterocycles. The predicted molar refractivity (Wildman–Crippen MR) is 113 cm³/mol. The van der Waals surface area contributed by atoms with Gasteiger partial charge in [-0.05, 0) is 56.8 Å². The Morgan fingerprint density at radius 1 is 1.22 bits per heavy atom. The number of hydrogen-bond donors (Lipinski definition) is 3. The van der Waals surface area contributed by atoms with Crippen LogP contribution in [0.2, 0.25) is 0 Å². The fourth-order valence-corrected chi connectivity index (χ4v) is 3.44. The molecule has 0 radical (unpaired) electrons. The van der Waals surface area contributed by atoms with Crippen LogP contribution in [0.5, 0.6) is 0 Å². The van der Waals surface area contributed by atoms with Gasteiger partial charge in [0.05, 0.1) is 12.3 Å². The maximum Gasteiger partial charge on any atom is 0.191 e. The number of furan rings is 1. The molecule has 2 atom stereocenters. The van der Waals surface area contributed by atoms with E-state index in [1.165, 1.54) is 0 Å². The first kappa shape index (κ1) is 23.5. The Kier molecular flexibility index (Phi) is 11.9. The van der Waals surface area contributed by atoms with Crippen molar-refractivity contribution < 1.29 is 9.52 Å². The molecule has 0 amide bonds. The van der Waals surface area contributed by atoms with Gasteiger partial charge in [0.15, 0.2) is 5.96 Å². The van der Waals surface area contributed by atoms with Crippen LogP contribution in [0.3, 0.4) is 0 Å². The fraction of sp³-hybridized carbons (Fsp3) is 0.762. The van der Waals surface area contributed by atoms with Crippen molar-refractivity contribution in [3.8, 4) is 0 Å². The molecule has 1 heterocycles. The molecule has 0 spiro atoms. The van der Waals surface area contributed by atoms with Gasteiger partial charge in [-0.2, -0.15) is 0 Å². The third-order valence-electron chi connectivity index (χ3n) is 4.78. The van der Waals surface area contributed by atoms with Gasteiger partial charge in [-0.25, -0.2) is 0 Å². The van der Waals surface area contributed by atoms with Crippen molar-refractivity contribution >= 4 is 5.96 Å². The molecule has 6 heteroatoms. The van der Waals surface area contributed by atoms with Crippen LogP contribution < -0.4 is 10.6 Å². The second-order valence-electron chi connectivity index (χ2n) is 7.36. The molecule has 1 aromatic rings. The van der Waals surface area contributed by atoms with E-state index < -0.39 is 0 Å². The predicted octanol–water partition coefficient (Wildman–Crippen LogP) is 3.26. The molecule has 6 nitrogen and oxygen atoms in total. The maximum absolute atomic E-state index is 9.32. The number of nitrogens with zero attached hydrogens (tertiary/aromatic N) is 2. The summed E-state index contributed by atoms with van der Waals surface area (Å²) in [6, 6.07) is 4.15. The summed E-state index contributed by atoms with van der Waals surface area (Å²) >= 11 is 0. The number of aliphatic hydroxyl groups excluding tert-OH is 1. The highest BCUT2D eigenvalue weighted by atomic mass is 16.3.